The number of hydrogen-bond acceptors (Lipinski definition) is 3. The Labute approximate surface area is 156 Å². The van der Waals surface area contributed by atoms with Gasteiger partial charge in [0.25, 0.3) is 0 Å². The highest BCUT2D eigenvalue weighted by molar-refractivity contribution is 6.36. The lowest BCUT2D eigenvalue weighted by Gasteiger charge is -2.26. The van der Waals surface area contributed by atoms with Crippen molar-refractivity contribution < 1.29 is 9.90 Å². The molecule has 1 aliphatic rings. The molecule has 2 aromatic rings. The van der Waals surface area contributed by atoms with E-state index >= 15 is 0 Å². The van der Waals surface area contributed by atoms with Crippen LogP contribution < -0.4 is 5.32 Å². The number of phenolic OH excluding ortho intramolecular Hbond substituents is 1. The zero-order valence-electron chi connectivity index (χ0n) is 13.5. The summed E-state index contributed by atoms with van der Waals surface area (Å²) in [5, 5.41) is 13.1. The van der Waals surface area contributed by atoms with Crippen molar-refractivity contribution in [3.8, 4) is 5.75 Å². The summed E-state index contributed by atoms with van der Waals surface area (Å²) in [6, 6.07) is 12.2. The van der Waals surface area contributed by atoms with Crippen molar-refractivity contribution >= 4 is 40.4 Å². The number of aromatic hydroxyl groups is 1. The number of benzene rings is 2. The third kappa shape index (κ3) is 4.75. The normalized spacial score (nSPS) is 14.9. The van der Waals surface area contributed by atoms with Crippen LogP contribution >= 0.6 is 23.2 Å². The van der Waals surface area contributed by atoms with Gasteiger partial charge in [0.1, 0.15) is 5.75 Å². The van der Waals surface area contributed by atoms with Crippen LogP contribution in [-0.2, 0) is 4.79 Å². The smallest absolute Gasteiger partial charge is 0.238 e. The van der Waals surface area contributed by atoms with E-state index in [2.05, 4.69) is 16.3 Å². The van der Waals surface area contributed by atoms with Gasteiger partial charge in [-0.1, -0.05) is 41.4 Å². The molecule has 0 atom stereocenters. The van der Waals surface area contributed by atoms with E-state index in [1.165, 1.54) is 5.57 Å². The van der Waals surface area contributed by atoms with Crippen LogP contribution in [0.3, 0.4) is 0 Å². The van der Waals surface area contributed by atoms with Crippen molar-refractivity contribution in [2.45, 2.75) is 6.42 Å². The van der Waals surface area contributed by atoms with Crippen LogP contribution in [0.15, 0.2) is 48.5 Å². The number of halogens is 2. The van der Waals surface area contributed by atoms with E-state index in [1.807, 2.05) is 12.1 Å². The average Bonchev–Trinajstić information content (AvgIpc) is 2.59. The summed E-state index contributed by atoms with van der Waals surface area (Å²) in [6.45, 7) is 1.81. The number of nitrogens with one attached hydrogen (secondary N) is 1. The van der Waals surface area contributed by atoms with Crippen LogP contribution in [-0.4, -0.2) is 35.5 Å². The monoisotopic (exact) mass is 376 g/mol. The third-order valence-electron chi connectivity index (χ3n) is 4.10. The molecule has 0 aliphatic carbocycles. The molecule has 2 N–H and O–H groups in total. The molecule has 0 spiro atoms. The van der Waals surface area contributed by atoms with Crippen LogP contribution in [0.2, 0.25) is 10.0 Å². The van der Waals surface area contributed by atoms with Crippen molar-refractivity contribution in [3.63, 3.8) is 0 Å². The minimum Gasteiger partial charge on any atom is -0.508 e. The van der Waals surface area contributed by atoms with Gasteiger partial charge in [0.15, 0.2) is 0 Å². The molecular formula is C19H18Cl2N2O2. The summed E-state index contributed by atoms with van der Waals surface area (Å²) < 4.78 is 0. The Bertz CT molecular complexity index is 804. The zero-order chi connectivity index (χ0) is 17.8. The van der Waals surface area contributed by atoms with Crippen molar-refractivity contribution in [1.82, 2.24) is 4.90 Å². The van der Waals surface area contributed by atoms with Gasteiger partial charge in [0.2, 0.25) is 5.91 Å². The number of anilines is 1. The molecule has 25 heavy (non-hydrogen) atoms. The van der Waals surface area contributed by atoms with Crippen LogP contribution in [0.4, 0.5) is 5.69 Å². The molecule has 6 heteroatoms. The fourth-order valence-corrected chi connectivity index (χ4v) is 3.23. The summed E-state index contributed by atoms with van der Waals surface area (Å²) in [6.07, 6.45) is 2.98. The van der Waals surface area contributed by atoms with Crippen LogP contribution in [0, 0.1) is 0 Å². The van der Waals surface area contributed by atoms with Crippen molar-refractivity contribution in [1.29, 1.82) is 0 Å². The number of rotatable bonds is 4. The third-order valence-corrected chi connectivity index (χ3v) is 4.65. The van der Waals surface area contributed by atoms with E-state index in [1.54, 1.807) is 30.3 Å². The molecule has 1 heterocycles. The van der Waals surface area contributed by atoms with E-state index in [0.717, 1.165) is 18.5 Å². The predicted octanol–water partition coefficient (Wildman–Crippen LogP) is 4.43. The molecule has 4 nitrogen and oxygen atoms in total. The first kappa shape index (κ1) is 17.8. The van der Waals surface area contributed by atoms with E-state index < -0.39 is 0 Å². The topological polar surface area (TPSA) is 52.6 Å². The maximum absolute atomic E-state index is 12.2. The van der Waals surface area contributed by atoms with E-state index in [0.29, 0.717) is 28.8 Å². The first-order chi connectivity index (χ1) is 12.0. The summed E-state index contributed by atoms with van der Waals surface area (Å²) in [7, 11) is 0. The Kier molecular flexibility index (Phi) is 5.63. The predicted molar refractivity (Wildman–Crippen MR) is 102 cm³/mol. The molecular weight excluding hydrogens is 359 g/mol. The van der Waals surface area contributed by atoms with Gasteiger partial charge in [0.05, 0.1) is 17.3 Å². The quantitative estimate of drug-likeness (QED) is 0.829. The molecule has 1 amide bonds. The first-order valence-electron chi connectivity index (χ1n) is 7.97. The molecule has 1 aliphatic heterocycles. The highest BCUT2D eigenvalue weighted by Gasteiger charge is 2.16. The molecule has 0 bridgehead atoms. The molecule has 0 unspecified atom stereocenters. The number of carbonyl (C=O) groups is 1. The Morgan fingerprint density at radius 3 is 2.56 bits per heavy atom. The minimum atomic E-state index is -0.106. The SMILES string of the molecule is O=C(CN1CC=C(c2ccc(O)cc2)CC1)Nc1ccc(Cl)cc1Cl. The Balaban J connectivity index is 1.56. The molecule has 0 radical (unpaired) electrons. The molecule has 2 aromatic carbocycles. The summed E-state index contributed by atoms with van der Waals surface area (Å²) in [5.41, 5.74) is 2.90. The minimum absolute atomic E-state index is 0.106. The first-order valence-corrected chi connectivity index (χ1v) is 8.72. The fraction of sp³-hybridized carbons (Fsp3) is 0.211. The van der Waals surface area contributed by atoms with Crippen LogP contribution in [0.5, 0.6) is 5.75 Å². The van der Waals surface area contributed by atoms with Crippen LogP contribution in [0.25, 0.3) is 5.57 Å². The maximum atomic E-state index is 12.2. The largest absolute Gasteiger partial charge is 0.508 e. The summed E-state index contributed by atoms with van der Waals surface area (Å²) >= 11 is 11.9. The number of carbonyl (C=O) groups excluding carboxylic acids is 1. The van der Waals surface area contributed by atoms with Gasteiger partial charge in [-0.2, -0.15) is 0 Å². The number of phenols is 1. The van der Waals surface area contributed by atoms with Crippen LogP contribution in [0.1, 0.15) is 12.0 Å². The van der Waals surface area contributed by atoms with Crippen molar-refractivity contribution in [3.05, 3.63) is 64.1 Å². The fourth-order valence-electron chi connectivity index (χ4n) is 2.78. The van der Waals surface area contributed by atoms with Gasteiger partial charge in [0, 0.05) is 18.1 Å². The van der Waals surface area contributed by atoms with Gasteiger partial charge in [-0.15, -0.1) is 0 Å². The second kappa shape index (κ2) is 7.91. The molecule has 3 rings (SSSR count). The molecule has 0 saturated heterocycles. The second-order valence-electron chi connectivity index (χ2n) is 5.93. The zero-order valence-corrected chi connectivity index (χ0v) is 15.0. The number of amides is 1. The lowest BCUT2D eigenvalue weighted by molar-refractivity contribution is -0.117. The van der Waals surface area contributed by atoms with Gasteiger partial charge >= 0.3 is 0 Å². The average molecular weight is 377 g/mol. The maximum Gasteiger partial charge on any atom is 0.238 e. The molecule has 0 fully saturated rings. The lowest BCUT2D eigenvalue weighted by Crippen LogP contribution is -2.36. The Morgan fingerprint density at radius 1 is 1.16 bits per heavy atom. The van der Waals surface area contributed by atoms with Gasteiger partial charge < -0.3 is 10.4 Å². The van der Waals surface area contributed by atoms with Gasteiger partial charge in [-0.25, -0.2) is 0 Å². The highest BCUT2D eigenvalue weighted by Crippen LogP contribution is 2.26. The summed E-state index contributed by atoms with van der Waals surface area (Å²) in [4.78, 5) is 14.3. The Hall–Kier alpha value is -2.01. The second-order valence-corrected chi connectivity index (χ2v) is 6.78. The van der Waals surface area contributed by atoms with Gasteiger partial charge in [-0.05, 0) is 47.9 Å². The molecule has 0 saturated carbocycles. The van der Waals surface area contributed by atoms with Crippen molar-refractivity contribution in [2.75, 3.05) is 25.0 Å². The van der Waals surface area contributed by atoms with E-state index in [4.69, 9.17) is 23.2 Å². The lowest BCUT2D eigenvalue weighted by atomic mass is 9.99. The van der Waals surface area contributed by atoms with Crippen molar-refractivity contribution in [2.24, 2.45) is 0 Å². The highest BCUT2D eigenvalue weighted by atomic mass is 35.5. The summed E-state index contributed by atoms with van der Waals surface area (Å²) in [5.74, 6) is 0.157. The van der Waals surface area contributed by atoms with E-state index in [-0.39, 0.29) is 11.7 Å². The standard InChI is InChI=1S/C19H18Cl2N2O2/c20-15-3-6-18(17(21)11-15)22-19(25)12-23-9-7-14(8-10-23)13-1-4-16(24)5-2-13/h1-7,11,24H,8-10,12H2,(H,22,25). The molecule has 0 aromatic heterocycles. The number of nitrogens with zero attached hydrogens (tertiary/aromatic N) is 1. The van der Waals surface area contributed by atoms with E-state index in [9.17, 15) is 9.90 Å². The van der Waals surface area contributed by atoms with Gasteiger partial charge in [-0.3, -0.25) is 9.69 Å². The Morgan fingerprint density at radius 2 is 1.92 bits per heavy atom. The molecule has 130 valence electrons. The number of hydrogen-bond donors (Lipinski definition) is 2.